The van der Waals surface area contributed by atoms with Crippen LogP contribution in [0, 0.1) is 3.57 Å². The van der Waals surface area contributed by atoms with Crippen LogP contribution in [0.4, 0.5) is 14.5 Å². The molecule has 1 heterocycles. The maximum Gasteiger partial charge on any atom is 0.276 e. The van der Waals surface area contributed by atoms with Crippen molar-refractivity contribution >= 4 is 46.3 Å². The van der Waals surface area contributed by atoms with E-state index in [0.29, 0.717) is 5.69 Å². The van der Waals surface area contributed by atoms with E-state index < -0.39 is 12.3 Å². The van der Waals surface area contributed by atoms with E-state index in [9.17, 15) is 13.6 Å². The molecule has 0 saturated carbocycles. The van der Waals surface area contributed by atoms with Crippen LogP contribution >= 0.6 is 22.6 Å². The minimum absolute atomic E-state index is 0.274. The zero-order valence-corrected chi connectivity index (χ0v) is 16.5. The minimum atomic E-state index is -2.77. The molecule has 1 amide bonds. The summed E-state index contributed by atoms with van der Waals surface area (Å²) in [6, 6.07) is 15.1. The zero-order chi connectivity index (χ0) is 19.4. The third-order valence-corrected chi connectivity index (χ3v) is 4.56. The average Bonchev–Trinajstić information content (AvgIpc) is 3.05. The molecule has 0 saturated heterocycles. The number of aryl methyl sites for hydroxylation is 1. The van der Waals surface area contributed by atoms with Gasteiger partial charge in [-0.05, 0) is 51.9 Å². The van der Waals surface area contributed by atoms with Crippen LogP contribution < -0.4 is 5.32 Å². The molecule has 0 aliphatic rings. The van der Waals surface area contributed by atoms with Crippen LogP contribution in [0.25, 0.3) is 12.2 Å². The van der Waals surface area contributed by atoms with Gasteiger partial charge in [0, 0.05) is 22.5 Å². The van der Waals surface area contributed by atoms with E-state index >= 15 is 0 Å². The van der Waals surface area contributed by atoms with E-state index in [1.165, 1.54) is 11.7 Å². The highest BCUT2D eigenvalue weighted by molar-refractivity contribution is 14.1. The third-order valence-electron chi connectivity index (χ3n) is 3.84. The topological polar surface area (TPSA) is 46.9 Å². The van der Waals surface area contributed by atoms with Gasteiger partial charge in [0.05, 0.1) is 5.56 Å². The Morgan fingerprint density at radius 1 is 1.15 bits per heavy atom. The third kappa shape index (κ3) is 4.79. The molecule has 1 N–H and O–H groups in total. The lowest BCUT2D eigenvalue weighted by Gasteiger charge is -2.08. The summed E-state index contributed by atoms with van der Waals surface area (Å²) in [6.07, 6.45) is 2.18. The lowest BCUT2D eigenvalue weighted by atomic mass is 10.1. The zero-order valence-electron chi connectivity index (χ0n) is 14.4. The van der Waals surface area contributed by atoms with Crippen LogP contribution in [-0.2, 0) is 7.05 Å². The molecule has 7 heteroatoms. The van der Waals surface area contributed by atoms with Crippen molar-refractivity contribution in [3.63, 3.8) is 0 Å². The van der Waals surface area contributed by atoms with Crippen LogP contribution in [-0.4, -0.2) is 15.7 Å². The molecule has 0 unspecified atom stereocenters. The summed E-state index contributed by atoms with van der Waals surface area (Å²) in [7, 11) is 1.50. The Balaban J connectivity index is 1.84. The fourth-order valence-electron chi connectivity index (χ4n) is 2.54. The number of carbonyl (C=O) groups excluding carboxylic acids is 1. The molecule has 0 bridgehead atoms. The molecular weight excluding hydrogens is 463 g/mol. The van der Waals surface area contributed by atoms with Crippen LogP contribution in [0.5, 0.6) is 0 Å². The van der Waals surface area contributed by atoms with Gasteiger partial charge in [-0.2, -0.15) is 5.10 Å². The van der Waals surface area contributed by atoms with E-state index in [1.54, 1.807) is 12.1 Å². The number of para-hydroxylation sites is 1. The molecule has 4 nitrogen and oxygen atoms in total. The standard InChI is InChI=1S/C20H16F2IN3O/c1-26-12-16(19(21)22)18(25-26)20(27)24-17-5-3-2-4-14(17)9-6-13-7-10-15(23)11-8-13/h2-12,19H,1H3,(H,24,27). The summed E-state index contributed by atoms with van der Waals surface area (Å²) in [5.74, 6) is -0.666. The van der Waals surface area contributed by atoms with Gasteiger partial charge in [0.15, 0.2) is 5.69 Å². The molecule has 3 aromatic rings. The Bertz CT molecular complexity index is 981. The first-order valence-electron chi connectivity index (χ1n) is 8.10. The molecule has 27 heavy (non-hydrogen) atoms. The largest absolute Gasteiger partial charge is 0.320 e. The molecule has 0 spiro atoms. The van der Waals surface area contributed by atoms with Crippen molar-refractivity contribution in [2.24, 2.45) is 7.05 Å². The summed E-state index contributed by atoms with van der Waals surface area (Å²) >= 11 is 2.24. The Morgan fingerprint density at radius 3 is 2.56 bits per heavy atom. The molecule has 1 aromatic heterocycles. The first-order valence-corrected chi connectivity index (χ1v) is 9.17. The maximum atomic E-state index is 13.1. The molecular formula is C20H16F2IN3O. The van der Waals surface area contributed by atoms with Crippen molar-refractivity contribution in [2.75, 3.05) is 5.32 Å². The number of nitrogens with zero attached hydrogens (tertiary/aromatic N) is 2. The van der Waals surface area contributed by atoms with Gasteiger partial charge in [0.1, 0.15) is 0 Å². The summed E-state index contributed by atoms with van der Waals surface area (Å²) in [5.41, 5.74) is 1.64. The Kier molecular flexibility index (Phi) is 6.00. The molecule has 0 atom stereocenters. The molecule has 2 aromatic carbocycles. The SMILES string of the molecule is Cn1cc(C(F)F)c(C(=O)Nc2ccccc2C=Cc2ccc(I)cc2)n1. The highest BCUT2D eigenvalue weighted by Gasteiger charge is 2.22. The summed E-state index contributed by atoms with van der Waals surface area (Å²) < 4.78 is 28.6. The van der Waals surface area contributed by atoms with Gasteiger partial charge in [-0.1, -0.05) is 42.5 Å². The van der Waals surface area contributed by atoms with Gasteiger partial charge in [0.25, 0.3) is 12.3 Å². The van der Waals surface area contributed by atoms with E-state index in [1.807, 2.05) is 48.6 Å². The predicted octanol–water partition coefficient (Wildman–Crippen LogP) is 5.39. The van der Waals surface area contributed by atoms with E-state index in [-0.39, 0.29) is 11.3 Å². The number of halogens is 3. The lowest BCUT2D eigenvalue weighted by molar-refractivity contribution is 0.100. The number of hydrogen-bond donors (Lipinski definition) is 1. The average molecular weight is 479 g/mol. The van der Waals surface area contributed by atoms with Gasteiger partial charge >= 0.3 is 0 Å². The van der Waals surface area contributed by atoms with Crippen LogP contribution in [0.3, 0.4) is 0 Å². The molecule has 0 fully saturated rings. The number of benzene rings is 2. The predicted molar refractivity (Wildman–Crippen MR) is 111 cm³/mol. The number of carbonyl (C=O) groups is 1. The Hall–Kier alpha value is -2.55. The van der Waals surface area contributed by atoms with Crippen molar-refractivity contribution in [1.82, 2.24) is 9.78 Å². The van der Waals surface area contributed by atoms with E-state index in [2.05, 4.69) is 33.0 Å². The van der Waals surface area contributed by atoms with Crippen LogP contribution in [0.15, 0.2) is 54.7 Å². The second-order valence-electron chi connectivity index (χ2n) is 5.83. The molecule has 0 aliphatic heterocycles. The second-order valence-corrected chi connectivity index (χ2v) is 7.08. The minimum Gasteiger partial charge on any atom is -0.320 e. The smallest absolute Gasteiger partial charge is 0.276 e. The Morgan fingerprint density at radius 2 is 1.85 bits per heavy atom. The van der Waals surface area contributed by atoms with Crippen molar-refractivity contribution < 1.29 is 13.6 Å². The number of hydrogen-bond acceptors (Lipinski definition) is 2. The van der Waals surface area contributed by atoms with Crippen molar-refractivity contribution in [1.29, 1.82) is 0 Å². The van der Waals surface area contributed by atoms with Gasteiger partial charge in [0.2, 0.25) is 0 Å². The van der Waals surface area contributed by atoms with E-state index in [0.717, 1.165) is 20.9 Å². The first-order chi connectivity index (χ1) is 12.9. The molecule has 3 rings (SSSR count). The molecule has 138 valence electrons. The fourth-order valence-corrected chi connectivity index (χ4v) is 2.90. The van der Waals surface area contributed by atoms with Crippen molar-refractivity contribution in [3.8, 4) is 0 Å². The number of aromatic nitrogens is 2. The van der Waals surface area contributed by atoms with Gasteiger partial charge in [-0.15, -0.1) is 0 Å². The monoisotopic (exact) mass is 479 g/mol. The quantitative estimate of drug-likeness (QED) is 0.395. The van der Waals surface area contributed by atoms with Gasteiger partial charge < -0.3 is 5.32 Å². The summed E-state index contributed by atoms with van der Waals surface area (Å²) in [5, 5.41) is 6.55. The fraction of sp³-hybridized carbons (Fsp3) is 0.100. The highest BCUT2D eigenvalue weighted by Crippen LogP contribution is 2.24. The normalized spacial score (nSPS) is 11.3. The number of amides is 1. The lowest BCUT2D eigenvalue weighted by Crippen LogP contribution is -2.15. The van der Waals surface area contributed by atoms with Crippen LogP contribution in [0.1, 0.15) is 33.6 Å². The van der Waals surface area contributed by atoms with Crippen molar-refractivity contribution in [2.45, 2.75) is 6.43 Å². The summed E-state index contributed by atoms with van der Waals surface area (Å²) in [4.78, 5) is 12.5. The maximum absolute atomic E-state index is 13.1. The number of anilines is 1. The van der Waals surface area contributed by atoms with Crippen LogP contribution in [0.2, 0.25) is 0 Å². The highest BCUT2D eigenvalue weighted by atomic mass is 127. The molecule has 0 radical (unpaired) electrons. The van der Waals surface area contributed by atoms with E-state index in [4.69, 9.17) is 0 Å². The second kappa shape index (κ2) is 8.43. The Labute approximate surface area is 169 Å². The number of rotatable bonds is 5. The molecule has 0 aliphatic carbocycles. The number of alkyl halides is 2. The van der Waals surface area contributed by atoms with Gasteiger partial charge in [-0.25, -0.2) is 8.78 Å². The van der Waals surface area contributed by atoms with Crippen molar-refractivity contribution in [3.05, 3.63) is 80.7 Å². The van der Waals surface area contributed by atoms with Gasteiger partial charge in [-0.3, -0.25) is 9.48 Å². The first kappa shape index (κ1) is 19.2. The summed E-state index contributed by atoms with van der Waals surface area (Å²) in [6.45, 7) is 0. The number of nitrogens with one attached hydrogen (secondary N) is 1.